The van der Waals surface area contributed by atoms with Crippen LogP contribution in [0.25, 0.3) is 0 Å². The Labute approximate surface area is 102 Å². The molecule has 0 amide bonds. The number of hydrogen-bond donors (Lipinski definition) is 1. The van der Waals surface area contributed by atoms with E-state index in [1.165, 1.54) is 5.56 Å². The lowest BCUT2D eigenvalue weighted by Crippen LogP contribution is -2.42. The van der Waals surface area contributed by atoms with E-state index in [1.54, 1.807) is 6.26 Å². The lowest BCUT2D eigenvalue weighted by atomic mass is 9.76. The fourth-order valence-electron chi connectivity index (χ4n) is 1.98. The molecule has 1 aromatic carbocycles. The van der Waals surface area contributed by atoms with Gasteiger partial charge in [-0.1, -0.05) is 44.2 Å². The maximum atomic E-state index is 6.31. The molecule has 1 atom stereocenters. The van der Waals surface area contributed by atoms with Gasteiger partial charge in [0.15, 0.2) is 0 Å². The van der Waals surface area contributed by atoms with Gasteiger partial charge >= 0.3 is 0 Å². The molecule has 2 N–H and O–H groups in total. The van der Waals surface area contributed by atoms with Gasteiger partial charge < -0.3 is 10.2 Å². The summed E-state index contributed by atoms with van der Waals surface area (Å²) in [7, 11) is 0. The highest BCUT2D eigenvalue weighted by atomic mass is 16.3. The molecule has 1 heterocycles. The van der Waals surface area contributed by atoms with Crippen molar-refractivity contribution >= 4 is 0 Å². The fourth-order valence-corrected chi connectivity index (χ4v) is 1.98. The van der Waals surface area contributed by atoms with Crippen LogP contribution in [-0.4, -0.2) is 6.04 Å². The molecule has 2 aromatic rings. The zero-order valence-electron chi connectivity index (χ0n) is 10.4. The summed E-state index contributed by atoms with van der Waals surface area (Å²) in [5.74, 6) is 0.946. The maximum Gasteiger partial charge on any atom is 0.105 e. The van der Waals surface area contributed by atoms with Crippen LogP contribution in [0.1, 0.15) is 25.2 Å². The van der Waals surface area contributed by atoms with E-state index in [0.717, 1.165) is 12.2 Å². The molecule has 0 spiro atoms. The molecule has 0 saturated heterocycles. The molecule has 0 aliphatic heterocycles. The van der Waals surface area contributed by atoms with Crippen LogP contribution in [-0.2, 0) is 11.8 Å². The molecule has 2 heteroatoms. The smallest absolute Gasteiger partial charge is 0.105 e. The van der Waals surface area contributed by atoms with Crippen molar-refractivity contribution in [3.8, 4) is 0 Å². The highest BCUT2D eigenvalue weighted by molar-refractivity contribution is 5.26. The van der Waals surface area contributed by atoms with Gasteiger partial charge in [0, 0.05) is 17.9 Å². The number of rotatable bonds is 4. The van der Waals surface area contributed by atoms with Crippen molar-refractivity contribution in [2.45, 2.75) is 31.7 Å². The van der Waals surface area contributed by atoms with Gasteiger partial charge in [-0.3, -0.25) is 0 Å². The third-order valence-electron chi connectivity index (χ3n) is 3.45. The number of furan rings is 1. The maximum absolute atomic E-state index is 6.31. The Morgan fingerprint density at radius 2 is 1.82 bits per heavy atom. The van der Waals surface area contributed by atoms with Gasteiger partial charge in [0.2, 0.25) is 0 Å². The van der Waals surface area contributed by atoms with Gasteiger partial charge in [-0.25, -0.2) is 0 Å². The first kappa shape index (κ1) is 11.9. The quantitative estimate of drug-likeness (QED) is 0.874. The topological polar surface area (TPSA) is 39.2 Å². The largest absolute Gasteiger partial charge is 0.469 e. The van der Waals surface area contributed by atoms with Gasteiger partial charge in [0.25, 0.3) is 0 Å². The molecule has 0 fully saturated rings. The molecular formula is C15H19NO. The number of hydrogen-bond acceptors (Lipinski definition) is 2. The molecular weight excluding hydrogens is 210 g/mol. The third-order valence-corrected chi connectivity index (χ3v) is 3.45. The highest BCUT2D eigenvalue weighted by Gasteiger charge is 2.28. The Bertz CT molecular complexity index is 445. The van der Waals surface area contributed by atoms with Crippen molar-refractivity contribution in [3.63, 3.8) is 0 Å². The summed E-state index contributed by atoms with van der Waals surface area (Å²) in [4.78, 5) is 0. The zero-order chi connectivity index (χ0) is 12.3. The van der Waals surface area contributed by atoms with E-state index in [9.17, 15) is 0 Å². The Kier molecular flexibility index (Phi) is 3.34. The van der Waals surface area contributed by atoms with E-state index in [4.69, 9.17) is 10.2 Å². The van der Waals surface area contributed by atoms with E-state index in [-0.39, 0.29) is 11.5 Å². The van der Waals surface area contributed by atoms with Crippen LogP contribution in [0.5, 0.6) is 0 Å². The SMILES string of the molecule is CC(C)(c1ccccc1)C(N)Cc1ccco1. The van der Waals surface area contributed by atoms with E-state index in [1.807, 2.05) is 18.2 Å². The predicted molar refractivity (Wildman–Crippen MR) is 69.9 cm³/mol. The normalized spacial score (nSPS) is 13.6. The molecule has 1 aromatic heterocycles. The highest BCUT2D eigenvalue weighted by Crippen LogP contribution is 2.27. The van der Waals surface area contributed by atoms with E-state index >= 15 is 0 Å². The molecule has 0 aliphatic rings. The molecule has 0 saturated carbocycles. The molecule has 2 rings (SSSR count). The summed E-state index contributed by atoms with van der Waals surface area (Å²) in [6, 6.07) is 14.3. The average molecular weight is 229 g/mol. The molecule has 0 aliphatic carbocycles. The van der Waals surface area contributed by atoms with E-state index in [0.29, 0.717) is 0 Å². The molecule has 17 heavy (non-hydrogen) atoms. The van der Waals surface area contributed by atoms with Crippen LogP contribution in [0.3, 0.4) is 0 Å². The Morgan fingerprint density at radius 3 is 2.41 bits per heavy atom. The van der Waals surface area contributed by atoms with Gasteiger partial charge in [-0.15, -0.1) is 0 Å². The predicted octanol–water partition coefficient (Wildman–Crippen LogP) is 3.13. The second kappa shape index (κ2) is 4.76. The van der Waals surface area contributed by atoms with Crippen molar-refractivity contribution in [2.24, 2.45) is 5.73 Å². The molecule has 2 nitrogen and oxygen atoms in total. The molecule has 90 valence electrons. The summed E-state index contributed by atoms with van der Waals surface area (Å²) in [6.07, 6.45) is 2.45. The molecule has 0 bridgehead atoms. The Morgan fingerprint density at radius 1 is 1.12 bits per heavy atom. The lowest BCUT2D eigenvalue weighted by Gasteiger charge is -2.31. The van der Waals surface area contributed by atoms with Crippen LogP contribution >= 0.6 is 0 Å². The molecule has 1 unspecified atom stereocenters. The summed E-state index contributed by atoms with van der Waals surface area (Å²) in [5, 5.41) is 0. The average Bonchev–Trinajstić information content (AvgIpc) is 2.83. The third kappa shape index (κ3) is 2.59. The molecule has 0 radical (unpaired) electrons. The fraction of sp³-hybridized carbons (Fsp3) is 0.333. The first-order chi connectivity index (χ1) is 8.10. The van der Waals surface area contributed by atoms with Gasteiger partial charge in [-0.2, -0.15) is 0 Å². The minimum atomic E-state index is -0.0615. The lowest BCUT2D eigenvalue weighted by molar-refractivity contribution is 0.377. The Hall–Kier alpha value is -1.54. The van der Waals surface area contributed by atoms with Crippen LogP contribution in [0.4, 0.5) is 0 Å². The standard InChI is InChI=1S/C15H19NO/c1-15(2,12-7-4-3-5-8-12)14(16)11-13-9-6-10-17-13/h3-10,14H,11,16H2,1-2H3. The summed E-state index contributed by atoms with van der Waals surface area (Å²) < 4.78 is 5.36. The minimum absolute atomic E-state index is 0.0380. The van der Waals surface area contributed by atoms with Gasteiger partial charge in [-0.05, 0) is 17.7 Å². The number of benzene rings is 1. The van der Waals surface area contributed by atoms with Crippen LogP contribution in [0.15, 0.2) is 53.1 Å². The Balaban J connectivity index is 2.15. The zero-order valence-corrected chi connectivity index (χ0v) is 10.4. The van der Waals surface area contributed by atoms with E-state index in [2.05, 4.69) is 38.1 Å². The summed E-state index contributed by atoms with van der Waals surface area (Å²) in [6.45, 7) is 4.35. The van der Waals surface area contributed by atoms with Crippen molar-refractivity contribution in [1.29, 1.82) is 0 Å². The minimum Gasteiger partial charge on any atom is -0.469 e. The van der Waals surface area contributed by atoms with Crippen LogP contribution in [0, 0.1) is 0 Å². The summed E-state index contributed by atoms with van der Waals surface area (Å²) in [5.41, 5.74) is 7.52. The van der Waals surface area contributed by atoms with Crippen molar-refractivity contribution in [2.75, 3.05) is 0 Å². The second-order valence-corrected chi connectivity index (χ2v) is 4.98. The first-order valence-corrected chi connectivity index (χ1v) is 5.94. The van der Waals surface area contributed by atoms with Crippen LogP contribution < -0.4 is 5.73 Å². The second-order valence-electron chi connectivity index (χ2n) is 4.98. The van der Waals surface area contributed by atoms with Crippen LogP contribution in [0.2, 0.25) is 0 Å². The van der Waals surface area contributed by atoms with Crippen molar-refractivity contribution in [1.82, 2.24) is 0 Å². The first-order valence-electron chi connectivity index (χ1n) is 5.94. The number of nitrogens with two attached hydrogens (primary N) is 1. The monoisotopic (exact) mass is 229 g/mol. The summed E-state index contributed by atoms with van der Waals surface area (Å²) >= 11 is 0. The van der Waals surface area contributed by atoms with Crippen molar-refractivity contribution < 1.29 is 4.42 Å². The van der Waals surface area contributed by atoms with E-state index < -0.39 is 0 Å². The van der Waals surface area contributed by atoms with Crippen molar-refractivity contribution in [3.05, 3.63) is 60.1 Å². The van der Waals surface area contributed by atoms with Gasteiger partial charge in [0.1, 0.15) is 5.76 Å². The van der Waals surface area contributed by atoms with Gasteiger partial charge in [0.05, 0.1) is 6.26 Å².